The van der Waals surface area contributed by atoms with E-state index in [2.05, 4.69) is 4.99 Å². The van der Waals surface area contributed by atoms with Gasteiger partial charge in [0.25, 0.3) is 5.91 Å². The zero-order valence-corrected chi connectivity index (χ0v) is 14.4. The van der Waals surface area contributed by atoms with E-state index in [-0.39, 0.29) is 11.2 Å². The Bertz CT molecular complexity index is 792. The molecule has 0 saturated carbocycles. The van der Waals surface area contributed by atoms with Crippen molar-refractivity contribution < 1.29 is 19.0 Å². The van der Waals surface area contributed by atoms with Gasteiger partial charge < -0.3 is 14.2 Å². The Balaban J connectivity index is 2.03. The minimum absolute atomic E-state index is 0.0603. The van der Waals surface area contributed by atoms with Crippen LogP contribution in [-0.4, -0.2) is 38.2 Å². The van der Waals surface area contributed by atoms with Gasteiger partial charge in [0.05, 0.1) is 37.2 Å². The Morgan fingerprint density at radius 2 is 1.88 bits per heavy atom. The molecule has 1 amide bonds. The monoisotopic (exact) mass is 343 g/mol. The van der Waals surface area contributed by atoms with E-state index in [9.17, 15) is 4.79 Å². The molecule has 3 rings (SSSR count). The summed E-state index contributed by atoms with van der Waals surface area (Å²) in [6.45, 7) is 0. The van der Waals surface area contributed by atoms with Gasteiger partial charge >= 0.3 is 0 Å². The van der Waals surface area contributed by atoms with Crippen LogP contribution in [0.5, 0.6) is 17.2 Å². The first-order valence-corrected chi connectivity index (χ1v) is 8.21. The van der Waals surface area contributed by atoms with Crippen LogP contribution in [0.15, 0.2) is 46.3 Å². The Kier molecular flexibility index (Phi) is 4.76. The highest BCUT2D eigenvalue weighted by atomic mass is 32.2. The third-order valence-corrected chi connectivity index (χ3v) is 4.87. The van der Waals surface area contributed by atoms with Crippen molar-refractivity contribution in [1.29, 1.82) is 0 Å². The van der Waals surface area contributed by atoms with E-state index in [1.165, 1.54) is 11.8 Å². The number of benzene rings is 1. The molecule has 1 aromatic carbocycles. The smallest absolute Gasteiger partial charge is 0.283 e. The molecule has 1 aromatic rings. The second-order valence-electron chi connectivity index (χ2n) is 5.06. The molecule has 0 spiro atoms. The highest BCUT2D eigenvalue weighted by Crippen LogP contribution is 2.42. The Morgan fingerprint density at radius 1 is 1.08 bits per heavy atom. The number of fused-ring (bicyclic) bond motifs is 1. The average molecular weight is 343 g/mol. The Morgan fingerprint density at radius 3 is 2.58 bits per heavy atom. The number of rotatable bonds is 4. The zero-order valence-electron chi connectivity index (χ0n) is 13.6. The van der Waals surface area contributed by atoms with Crippen LogP contribution in [0.4, 0.5) is 0 Å². The van der Waals surface area contributed by atoms with Crippen LogP contribution >= 0.6 is 11.8 Å². The molecule has 0 fully saturated rings. The van der Waals surface area contributed by atoms with E-state index in [0.717, 1.165) is 11.3 Å². The summed E-state index contributed by atoms with van der Waals surface area (Å²) in [5, 5.41) is 0.0603. The molecule has 1 heterocycles. The summed E-state index contributed by atoms with van der Waals surface area (Å²) in [7, 11) is 4.67. The Labute approximate surface area is 144 Å². The lowest BCUT2D eigenvalue weighted by Crippen LogP contribution is -2.22. The molecule has 5 nitrogen and oxygen atoms in total. The second-order valence-corrected chi connectivity index (χ2v) is 6.24. The quantitative estimate of drug-likeness (QED) is 0.786. The van der Waals surface area contributed by atoms with Crippen LogP contribution in [0, 0.1) is 0 Å². The zero-order chi connectivity index (χ0) is 17.1. The summed E-state index contributed by atoms with van der Waals surface area (Å²) in [5.41, 5.74) is 1.52. The van der Waals surface area contributed by atoms with Crippen molar-refractivity contribution in [1.82, 2.24) is 0 Å². The van der Waals surface area contributed by atoms with Crippen LogP contribution in [-0.2, 0) is 4.79 Å². The summed E-state index contributed by atoms with van der Waals surface area (Å²) < 4.78 is 16.1. The Hall–Kier alpha value is -2.47. The first-order valence-electron chi connectivity index (χ1n) is 7.33. The van der Waals surface area contributed by atoms with Crippen LogP contribution in [0.2, 0.25) is 0 Å². The maximum absolute atomic E-state index is 12.3. The van der Waals surface area contributed by atoms with Gasteiger partial charge in [-0.3, -0.25) is 4.79 Å². The maximum Gasteiger partial charge on any atom is 0.283 e. The lowest BCUT2D eigenvalue weighted by Gasteiger charge is -2.21. The molecule has 1 unspecified atom stereocenters. The minimum atomic E-state index is -0.247. The van der Waals surface area contributed by atoms with Gasteiger partial charge in [-0.25, -0.2) is 4.99 Å². The van der Waals surface area contributed by atoms with Crippen LogP contribution in [0.3, 0.4) is 0 Å². The number of ether oxygens (including phenoxy) is 3. The molecule has 0 N–H and O–H groups in total. The SMILES string of the molecule is COc1ccc(/C=C2/SC3C=CC=CC3=NC2=O)c(OC)c1OC. The van der Waals surface area contributed by atoms with Gasteiger partial charge in [-0.1, -0.05) is 18.2 Å². The fraction of sp³-hybridized carbons (Fsp3) is 0.222. The molecular weight excluding hydrogens is 326 g/mol. The molecule has 0 bridgehead atoms. The third-order valence-electron chi connectivity index (χ3n) is 3.67. The summed E-state index contributed by atoms with van der Waals surface area (Å²) in [6.07, 6.45) is 9.51. The molecule has 1 aliphatic heterocycles. The number of hydrogen-bond donors (Lipinski definition) is 0. The number of thioether (sulfide) groups is 1. The fourth-order valence-corrected chi connectivity index (χ4v) is 3.58. The minimum Gasteiger partial charge on any atom is -0.493 e. The van der Waals surface area contributed by atoms with E-state index in [1.54, 1.807) is 33.5 Å². The van der Waals surface area contributed by atoms with E-state index in [1.807, 2.05) is 30.4 Å². The van der Waals surface area contributed by atoms with Gasteiger partial charge in [-0.2, -0.15) is 0 Å². The molecule has 6 heteroatoms. The van der Waals surface area contributed by atoms with E-state index in [4.69, 9.17) is 14.2 Å². The highest BCUT2D eigenvalue weighted by molar-refractivity contribution is 8.05. The van der Waals surface area contributed by atoms with Gasteiger partial charge in [-0.15, -0.1) is 11.8 Å². The average Bonchev–Trinajstić information content (AvgIpc) is 2.61. The molecule has 1 aliphatic carbocycles. The normalized spacial score (nSPS) is 20.6. The number of hydrogen-bond acceptors (Lipinski definition) is 5. The number of carbonyl (C=O) groups is 1. The first-order chi connectivity index (χ1) is 11.7. The number of methoxy groups -OCH3 is 3. The largest absolute Gasteiger partial charge is 0.493 e. The third kappa shape index (κ3) is 2.97. The maximum atomic E-state index is 12.3. The van der Waals surface area contributed by atoms with E-state index < -0.39 is 0 Å². The fourth-order valence-electron chi connectivity index (χ4n) is 2.55. The number of nitrogens with zero attached hydrogens (tertiary/aromatic N) is 1. The van der Waals surface area contributed by atoms with Gasteiger partial charge in [0, 0.05) is 5.56 Å². The van der Waals surface area contributed by atoms with Crippen molar-refractivity contribution in [2.45, 2.75) is 5.25 Å². The topological polar surface area (TPSA) is 57.1 Å². The van der Waals surface area contributed by atoms with Crippen molar-refractivity contribution in [3.63, 3.8) is 0 Å². The van der Waals surface area contributed by atoms with Crippen molar-refractivity contribution in [2.24, 2.45) is 4.99 Å². The number of carbonyl (C=O) groups excluding carboxylic acids is 1. The van der Waals surface area contributed by atoms with Crippen LogP contribution in [0.25, 0.3) is 6.08 Å². The molecule has 0 radical (unpaired) electrons. The van der Waals surface area contributed by atoms with E-state index in [0.29, 0.717) is 22.2 Å². The lowest BCUT2D eigenvalue weighted by molar-refractivity contribution is -0.113. The lowest BCUT2D eigenvalue weighted by atomic mass is 10.1. The summed E-state index contributed by atoms with van der Waals surface area (Å²) in [5.74, 6) is 1.33. The molecule has 0 saturated heterocycles. The molecule has 1 atom stereocenters. The van der Waals surface area contributed by atoms with Crippen molar-refractivity contribution in [3.8, 4) is 17.2 Å². The van der Waals surface area contributed by atoms with E-state index >= 15 is 0 Å². The van der Waals surface area contributed by atoms with Gasteiger partial charge in [-0.05, 0) is 24.3 Å². The highest BCUT2D eigenvalue weighted by Gasteiger charge is 2.26. The van der Waals surface area contributed by atoms with Gasteiger partial charge in [0.2, 0.25) is 5.75 Å². The van der Waals surface area contributed by atoms with Crippen molar-refractivity contribution >= 4 is 29.5 Å². The van der Waals surface area contributed by atoms with Gasteiger partial charge in [0.15, 0.2) is 11.5 Å². The molecular formula is C18H17NO4S. The molecule has 0 aromatic heterocycles. The summed E-state index contributed by atoms with van der Waals surface area (Å²) in [4.78, 5) is 17.0. The van der Waals surface area contributed by atoms with Crippen LogP contribution in [0.1, 0.15) is 5.56 Å². The molecule has 24 heavy (non-hydrogen) atoms. The van der Waals surface area contributed by atoms with Crippen LogP contribution < -0.4 is 14.2 Å². The number of amides is 1. The summed E-state index contributed by atoms with van der Waals surface area (Å²) >= 11 is 1.48. The van der Waals surface area contributed by atoms with Crippen molar-refractivity contribution in [2.75, 3.05) is 21.3 Å². The number of aliphatic imine (C=N–C) groups is 1. The standard InChI is InChI=1S/C18H17NO4S/c1-21-13-9-8-11(16(22-2)17(13)23-3)10-15-18(20)19-12-6-4-5-7-14(12)24-15/h4-10,14H,1-3H3/b15-10+. The van der Waals surface area contributed by atoms with Crippen molar-refractivity contribution in [3.05, 3.63) is 46.9 Å². The number of allylic oxidation sites excluding steroid dienone is 3. The summed E-state index contributed by atoms with van der Waals surface area (Å²) in [6, 6.07) is 3.61. The first kappa shape index (κ1) is 16.4. The predicted octanol–water partition coefficient (Wildman–Crippen LogP) is 3.26. The predicted molar refractivity (Wildman–Crippen MR) is 96.2 cm³/mol. The molecule has 2 aliphatic rings. The van der Waals surface area contributed by atoms with Gasteiger partial charge in [0.1, 0.15) is 0 Å². The molecule has 124 valence electrons. The second kappa shape index (κ2) is 6.97.